The average molecular weight is 229 g/mol. The van der Waals surface area contributed by atoms with Gasteiger partial charge in [0, 0.05) is 13.2 Å². The summed E-state index contributed by atoms with van der Waals surface area (Å²) in [5.41, 5.74) is 0. The molecule has 0 spiro atoms. The van der Waals surface area contributed by atoms with E-state index in [2.05, 4.69) is 5.32 Å². The Morgan fingerprint density at radius 3 is 2.60 bits per heavy atom. The van der Waals surface area contributed by atoms with Crippen molar-refractivity contribution < 1.29 is 23.0 Å². The third-order valence-corrected chi connectivity index (χ3v) is 1.66. The van der Waals surface area contributed by atoms with Gasteiger partial charge < -0.3 is 15.2 Å². The predicted molar refractivity (Wildman–Crippen MR) is 50.7 cm³/mol. The summed E-state index contributed by atoms with van der Waals surface area (Å²) in [6.45, 7) is 1.42. The lowest BCUT2D eigenvalue weighted by molar-refractivity contribution is -0.125. The molecule has 0 aromatic heterocycles. The molecule has 1 unspecified atom stereocenters. The lowest BCUT2D eigenvalue weighted by Crippen LogP contribution is -2.36. The maximum absolute atomic E-state index is 11.7. The lowest BCUT2D eigenvalue weighted by atomic mass is 10.3. The number of aliphatic hydroxyl groups is 1. The fourth-order valence-corrected chi connectivity index (χ4v) is 0.905. The monoisotopic (exact) mass is 229 g/mol. The minimum Gasteiger partial charge on any atom is -0.389 e. The summed E-state index contributed by atoms with van der Waals surface area (Å²) in [6, 6.07) is 0. The van der Waals surface area contributed by atoms with Gasteiger partial charge in [-0.15, -0.1) is 0 Å². The minimum atomic E-state index is -4.23. The third-order valence-electron chi connectivity index (χ3n) is 1.66. The smallest absolute Gasteiger partial charge is 0.389 e. The molecule has 2 N–H and O–H groups in total. The Kier molecular flexibility index (Phi) is 7.72. The molecule has 0 aromatic rings. The van der Waals surface area contributed by atoms with Gasteiger partial charge in [0.05, 0.1) is 19.3 Å². The first-order chi connectivity index (χ1) is 6.95. The molecular weight excluding hydrogens is 211 g/mol. The zero-order valence-corrected chi connectivity index (χ0v) is 8.81. The number of hydrogen-bond acceptors (Lipinski definition) is 3. The van der Waals surface area contributed by atoms with E-state index < -0.39 is 18.8 Å². The summed E-state index contributed by atoms with van der Waals surface area (Å²) >= 11 is 0. The first kappa shape index (κ1) is 14.7. The van der Waals surface area contributed by atoms with Gasteiger partial charge in [0.25, 0.3) is 0 Å². The molecular formula is C9H18F3NO2. The number of alkyl halides is 3. The Morgan fingerprint density at radius 1 is 1.40 bits per heavy atom. The molecule has 0 rings (SSSR count). The Hall–Kier alpha value is -0.330. The van der Waals surface area contributed by atoms with Crippen LogP contribution in [0.2, 0.25) is 0 Å². The van der Waals surface area contributed by atoms with E-state index in [0.717, 1.165) is 12.8 Å². The lowest BCUT2D eigenvalue weighted by Gasteiger charge is -2.13. The van der Waals surface area contributed by atoms with E-state index in [1.54, 1.807) is 0 Å². The van der Waals surface area contributed by atoms with Crippen LogP contribution in [0.15, 0.2) is 0 Å². The van der Waals surface area contributed by atoms with E-state index in [0.29, 0.717) is 6.61 Å². The van der Waals surface area contributed by atoms with Gasteiger partial charge in [0.1, 0.15) is 0 Å². The molecule has 3 nitrogen and oxygen atoms in total. The van der Waals surface area contributed by atoms with Crippen LogP contribution >= 0.6 is 0 Å². The number of ether oxygens (including phenoxy) is 1. The van der Waals surface area contributed by atoms with E-state index in [1.165, 1.54) is 0 Å². The van der Waals surface area contributed by atoms with Gasteiger partial charge in [-0.3, -0.25) is 0 Å². The summed E-state index contributed by atoms with van der Waals surface area (Å²) in [5.74, 6) is 0. The molecule has 6 heteroatoms. The minimum absolute atomic E-state index is 0.0743. The molecule has 15 heavy (non-hydrogen) atoms. The van der Waals surface area contributed by atoms with Crippen molar-refractivity contribution in [2.24, 2.45) is 0 Å². The molecule has 0 aliphatic rings. The molecule has 0 radical (unpaired) electrons. The zero-order chi connectivity index (χ0) is 11.7. The van der Waals surface area contributed by atoms with Crippen molar-refractivity contribution in [1.29, 1.82) is 0 Å². The first-order valence-electron chi connectivity index (χ1n) is 4.99. The Morgan fingerprint density at radius 2 is 2.07 bits per heavy atom. The average Bonchev–Trinajstić information content (AvgIpc) is 2.10. The van der Waals surface area contributed by atoms with E-state index in [4.69, 9.17) is 4.74 Å². The normalized spacial score (nSPS) is 14.2. The van der Waals surface area contributed by atoms with Gasteiger partial charge in [-0.05, 0) is 6.42 Å². The predicted octanol–water partition coefficient (Wildman–Crippen LogP) is 1.32. The van der Waals surface area contributed by atoms with Crippen LogP contribution in [0.3, 0.4) is 0 Å². The largest absolute Gasteiger partial charge is 0.401 e. The van der Waals surface area contributed by atoms with E-state index in [-0.39, 0.29) is 13.2 Å². The molecule has 0 bridgehead atoms. The van der Waals surface area contributed by atoms with Crippen LogP contribution in [0, 0.1) is 0 Å². The van der Waals surface area contributed by atoms with Gasteiger partial charge >= 0.3 is 6.18 Å². The van der Waals surface area contributed by atoms with E-state index >= 15 is 0 Å². The molecule has 0 heterocycles. The highest BCUT2D eigenvalue weighted by molar-refractivity contribution is 4.61. The number of halogens is 3. The Balaban J connectivity index is 3.29. The quantitative estimate of drug-likeness (QED) is 0.617. The number of hydrogen-bond donors (Lipinski definition) is 2. The summed E-state index contributed by atoms with van der Waals surface area (Å²) < 4.78 is 40.1. The number of rotatable bonds is 8. The second-order valence-electron chi connectivity index (χ2n) is 3.33. The van der Waals surface area contributed by atoms with E-state index in [1.807, 2.05) is 6.92 Å². The molecule has 0 saturated carbocycles. The Labute approximate surface area is 87.6 Å². The SMILES string of the molecule is CCCCOCC(O)CNCC(F)(F)F. The molecule has 0 saturated heterocycles. The standard InChI is InChI=1S/C9H18F3NO2/c1-2-3-4-15-6-8(14)5-13-7-9(10,11)12/h8,13-14H,2-7H2,1H3. The van der Waals surface area contributed by atoms with E-state index in [9.17, 15) is 18.3 Å². The fraction of sp³-hybridized carbons (Fsp3) is 1.00. The topological polar surface area (TPSA) is 41.5 Å². The highest BCUT2D eigenvalue weighted by atomic mass is 19.4. The van der Waals surface area contributed by atoms with Crippen molar-refractivity contribution in [2.45, 2.75) is 32.0 Å². The van der Waals surface area contributed by atoms with Crippen molar-refractivity contribution in [3.05, 3.63) is 0 Å². The highest BCUT2D eigenvalue weighted by Gasteiger charge is 2.26. The van der Waals surface area contributed by atoms with Gasteiger partial charge in [0.2, 0.25) is 0 Å². The van der Waals surface area contributed by atoms with Crippen LogP contribution < -0.4 is 5.32 Å². The van der Waals surface area contributed by atoms with Crippen molar-refractivity contribution in [2.75, 3.05) is 26.3 Å². The summed E-state index contributed by atoms with van der Waals surface area (Å²) in [6.07, 6.45) is -3.24. The molecule has 0 fully saturated rings. The maximum Gasteiger partial charge on any atom is 0.401 e. The number of unbranched alkanes of at least 4 members (excludes halogenated alkanes) is 1. The molecule has 0 aliphatic heterocycles. The molecule has 0 aromatic carbocycles. The molecule has 0 aliphatic carbocycles. The van der Waals surface area contributed by atoms with Crippen LogP contribution in [0.5, 0.6) is 0 Å². The summed E-state index contributed by atoms with van der Waals surface area (Å²) in [5, 5.41) is 11.3. The Bertz CT molecular complexity index is 153. The summed E-state index contributed by atoms with van der Waals surface area (Å²) in [4.78, 5) is 0. The summed E-state index contributed by atoms with van der Waals surface area (Å²) in [7, 11) is 0. The van der Waals surface area contributed by atoms with Crippen molar-refractivity contribution in [3.63, 3.8) is 0 Å². The number of aliphatic hydroxyl groups excluding tert-OH is 1. The van der Waals surface area contributed by atoms with Gasteiger partial charge in [-0.1, -0.05) is 13.3 Å². The van der Waals surface area contributed by atoms with Crippen LogP contribution in [-0.4, -0.2) is 43.7 Å². The maximum atomic E-state index is 11.7. The molecule has 1 atom stereocenters. The first-order valence-corrected chi connectivity index (χ1v) is 4.99. The van der Waals surface area contributed by atoms with Crippen molar-refractivity contribution in [3.8, 4) is 0 Å². The van der Waals surface area contributed by atoms with Crippen molar-refractivity contribution >= 4 is 0 Å². The fourth-order valence-electron chi connectivity index (χ4n) is 0.905. The van der Waals surface area contributed by atoms with Gasteiger partial charge in [-0.2, -0.15) is 13.2 Å². The van der Waals surface area contributed by atoms with Crippen molar-refractivity contribution in [1.82, 2.24) is 5.32 Å². The van der Waals surface area contributed by atoms with Gasteiger partial charge in [0.15, 0.2) is 0 Å². The van der Waals surface area contributed by atoms with Crippen LogP contribution in [-0.2, 0) is 4.74 Å². The van der Waals surface area contributed by atoms with Crippen LogP contribution in [0.25, 0.3) is 0 Å². The zero-order valence-electron chi connectivity index (χ0n) is 8.81. The third kappa shape index (κ3) is 11.6. The number of nitrogens with one attached hydrogen (secondary N) is 1. The van der Waals surface area contributed by atoms with Crippen LogP contribution in [0.1, 0.15) is 19.8 Å². The second-order valence-corrected chi connectivity index (χ2v) is 3.33. The van der Waals surface area contributed by atoms with Crippen LogP contribution in [0.4, 0.5) is 13.2 Å². The second kappa shape index (κ2) is 7.90. The molecule has 0 amide bonds. The van der Waals surface area contributed by atoms with Gasteiger partial charge in [-0.25, -0.2) is 0 Å². The highest BCUT2D eigenvalue weighted by Crippen LogP contribution is 2.11. The molecule has 92 valence electrons.